The Morgan fingerprint density at radius 3 is 2.60 bits per heavy atom. The lowest BCUT2D eigenvalue weighted by atomic mass is 10.1. The highest BCUT2D eigenvalue weighted by molar-refractivity contribution is 9.10. The number of carbonyl (C=O) groups excluding carboxylic acids is 1. The number of halogens is 1. The quantitative estimate of drug-likeness (QED) is 0.503. The summed E-state index contributed by atoms with van der Waals surface area (Å²) in [7, 11) is -2.12. The smallest absolute Gasteiger partial charge is 0.253 e. The number of benzene rings is 1. The van der Waals surface area contributed by atoms with Crippen molar-refractivity contribution < 1.29 is 13.2 Å². The predicted octanol–water partition coefficient (Wildman–Crippen LogP) is 2.59. The summed E-state index contributed by atoms with van der Waals surface area (Å²) in [4.78, 5) is 17.4. The van der Waals surface area contributed by atoms with Gasteiger partial charge in [-0.2, -0.15) is 5.10 Å². The van der Waals surface area contributed by atoms with Crippen LogP contribution in [0.1, 0.15) is 34.6 Å². The molecule has 0 aliphatic heterocycles. The zero-order valence-corrected chi connectivity index (χ0v) is 18.9. The normalized spacial score (nSPS) is 12.5. The average Bonchev–Trinajstić information content (AvgIpc) is 3.19. The average molecular weight is 492 g/mol. The maximum absolute atomic E-state index is 13.0. The van der Waals surface area contributed by atoms with Gasteiger partial charge in [-0.1, -0.05) is 37.3 Å². The SMILES string of the molecule is CCc1ncc(Br)cc1C(=O)NC(CNS(=O)(=O)c1cnn(C)c1)c1ccccc1. The molecule has 1 atom stereocenters. The van der Waals surface area contributed by atoms with Crippen LogP contribution < -0.4 is 10.0 Å². The van der Waals surface area contributed by atoms with E-state index in [-0.39, 0.29) is 17.3 Å². The maximum atomic E-state index is 13.0. The van der Waals surface area contributed by atoms with E-state index >= 15 is 0 Å². The molecule has 2 N–H and O–H groups in total. The van der Waals surface area contributed by atoms with Crippen molar-refractivity contribution in [1.82, 2.24) is 24.8 Å². The molecule has 0 bridgehead atoms. The topological polar surface area (TPSA) is 106 Å². The molecular weight excluding hydrogens is 470 g/mol. The van der Waals surface area contributed by atoms with Crippen molar-refractivity contribution in [2.75, 3.05) is 6.54 Å². The molecular formula is C20H22BrN5O3S. The van der Waals surface area contributed by atoms with Crippen LogP contribution in [0.4, 0.5) is 0 Å². The second-order valence-corrected chi connectivity index (χ2v) is 9.32. The summed E-state index contributed by atoms with van der Waals surface area (Å²) < 4.78 is 29.8. The number of nitrogens with one attached hydrogen (secondary N) is 2. The first-order valence-corrected chi connectivity index (χ1v) is 11.6. The number of sulfonamides is 1. The van der Waals surface area contributed by atoms with Crippen LogP contribution in [0.2, 0.25) is 0 Å². The Labute approximate surface area is 183 Å². The van der Waals surface area contributed by atoms with E-state index < -0.39 is 16.1 Å². The summed E-state index contributed by atoms with van der Waals surface area (Å²) >= 11 is 3.35. The number of hydrogen-bond acceptors (Lipinski definition) is 5. The molecule has 0 saturated heterocycles. The maximum Gasteiger partial charge on any atom is 0.253 e. The fourth-order valence-corrected chi connectivity index (χ4v) is 4.29. The highest BCUT2D eigenvalue weighted by atomic mass is 79.9. The monoisotopic (exact) mass is 491 g/mol. The molecule has 0 fully saturated rings. The minimum absolute atomic E-state index is 0.0180. The van der Waals surface area contributed by atoms with Crippen LogP contribution in [0.3, 0.4) is 0 Å². The molecule has 3 rings (SSSR count). The number of aryl methyl sites for hydroxylation is 2. The van der Waals surface area contributed by atoms with Crippen LogP contribution in [0.25, 0.3) is 0 Å². The number of rotatable bonds is 8. The van der Waals surface area contributed by atoms with E-state index in [1.165, 1.54) is 17.1 Å². The molecule has 0 aliphatic carbocycles. The van der Waals surface area contributed by atoms with Crippen LogP contribution in [-0.2, 0) is 23.5 Å². The van der Waals surface area contributed by atoms with Gasteiger partial charge in [-0.25, -0.2) is 13.1 Å². The lowest BCUT2D eigenvalue weighted by Crippen LogP contribution is -2.38. The molecule has 0 saturated carbocycles. The number of hydrogen-bond donors (Lipinski definition) is 2. The van der Waals surface area contributed by atoms with Gasteiger partial charge in [0.1, 0.15) is 4.90 Å². The standard InChI is InChI=1S/C20H22BrN5O3S/c1-3-18-17(9-15(21)10-22-18)20(27)25-19(14-7-5-4-6-8-14)12-24-30(28,29)16-11-23-26(2)13-16/h4-11,13,19,24H,3,12H2,1-2H3,(H,25,27). The molecule has 30 heavy (non-hydrogen) atoms. The fraction of sp³-hybridized carbons (Fsp3) is 0.250. The van der Waals surface area contributed by atoms with E-state index in [9.17, 15) is 13.2 Å². The van der Waals surface area contributed by atoms with E-state index in [1.807, 2.05) is 37.3 Å². The third-order valence-electron chi connectivity index (χ3n) is 4.49. The number of amides is 1. The van der Waals surface area contributed by atoms with Crippen LogP contribution in [0, 0.1) is 0 Å². The van der Waals surface area contributed by atoms with Gasteiger partial charge in [0.15, 0.2) is 0 Å². The van der Waals surface area contributed by atoms with Crippen LogP contribution in [-0.4, -0.2) is 35.6 Å². The lowest BCUT2D eigenvalue weighted by molar-refractivity contribution is 0.0935. The van der Waals surface area contributed by atoms with Crippen LogP contribution in [0.5, 0.6) is 0 Å². The Morgan fingerprint density at radius 2 is 1.97 bits per heavy atom. The Bertz CT molecular complexity index is 1130. The fourth-order valence-electron chi connectivity index (χ4n) is 2.93. The number of aromatic nitrogens is 3. The summed E-state index contributed by atoms with van der Waals surface area (Å²) in [6.45, 7) is 1.90. The van der Waals surface area contributed by atoms with Crippen molar-refractivity contribution in [1.29, 1.82) is 0 Å². The zero-order valence-electron chi connectivity index (χ0n) is 16.5. The first-order chi connectivity index (χ1) is 14.3. The van der Waals surface area contributed by atoms with Crippen molar-refractivity contribution in [3.8, 4) is 0 Å². The van der Waals surface area contributed by atoms with E-state index in [0.717, 1.165) is 5.56 Å². The lowest BCUT2D eigenvalue weighted by Gasteiger charge is -2.20. The summed E-state index contributed by atoms with van der Waals surface area (Å²) in [5, 5.41) is 6.83. The van der Waals surface area contributed by atoms with Crippen molar-refractivity contribution in [2.45, 2.75) is 24.3 Å². The summed E-state index contributed by atoms with van der Waals surface area (Å²) in [6.07, 6.45) is 4.93. The van der Waals surface area contributed by atoms with Crippen molar-refractivity contribution in [2.24, 2.45) is 7.05 Å². The van der Waals surface area contributed by atoms with E-state index in [4.69, 9.17) is 0 Å². The molecule has 10 heteroatoms. The first kappa shape index (κ1) is 22.1. The largest absolute Gasteiger partial charge is 0.344 e. The molecule has 2 aromatic heterocycles. The molecule has 1 amide bonds. The van der Waals surface area contributed by atoms with Gasteiger partial charge in [-0.3, -0.25) is 14.5 Å². The van der Waals surface area contributed by atoms with Gasteiger partial charge in [0.2, 0.25) is 10.0 Å². The van der Waals surface area contributed by atoms with Crippen LogP contribution in [0.15, 0.2) is 64.4 Å². The molecule has 1 aromatic carbocycles. The summed E-state index contributed by atoms with van der Waals surface area (Å²) in [5.74, 6) is -0.324. The van der Waals surface area contributed by atoms with Gasteiger partial charge < -0.3 is 5.32 Å². The Hall–Kier alpha value is -2.56. The Balaban J connectivity index is 1.83. The van der Waals surface area contributed by atoms with Gasteiger partial charge in [0, 0.05) is 30.5 Å². The molecule has 0 radical (unpaired) electrons. The minimum Gasteiger partial charge on any atom is -0.344 e. The molecule has 3 aromatic rings. The van der Waals surface area contributed by atoms with Gasteiger partial charge in [-0.05, 0) is 34.0 Å². The van der Waals surface area contributed by atoms with Gasteiger partial charge in [0.05, 0.1) is 23.5 Å². The number of pyridine rings is 1. The highest BCUT2D eigenvalue weighted by Gasteiger charge is 2.22. The first-order valence-electron chi connectivity index (χ1n) is 9.28. The summed E-state index contributed by atoms with van der Waals surface area (Å²) in [5.41, 5.74) is 1.89. The van der Waals surface area contributed by atoms with Crippen molar-refractivity contribution in [3.05, 3.63) is 76.3 Å². The molecule has 2 heterocycles. The molecule has 158 valence electrons. The summed E-state index contributed by atoms with van der Waals surface area (Å²) in [6, 6.07) is 10.3. The molecule has 1 unspecified atom stereocenters. The third-order valence-corrected chi connectivity index (χ3v) is 6.30. The number of carbonyl (C=O) groups is 1. The van der Waals surface area contributed by atoms with E-state index in [0.29, 0.717) is 22.2 Å². The third kappa shape index (κ3) is 5.32. The molecule has 0 spiro atoms. The van der Waals surface area contributed by atoms with Crippen molar-refractivity contribution in [3.63, 3.8) is 0 Å². The highest BCUT2D eigenvalue weighted by Crippen LogP contribution is 2.18. The van der Waals surface area contributed by atoms with E-state index in [2.05, 4.69) is 36.1 Å². The van der Waals surface area contributed by atoms with Gasteiger partial charge in [-0.15, -0.1) is 0 Å². The van der Waals surface area contributed by atoms with Gasteiger partial charge in [0.25, 0.3) is 5.91 Å². The second-order valence-electron chi connectivity index (χ2n) is 6.64. The molecule has 0 aliphatic rings. The second kappa shape index (κ2) is 9.50. The van der Waals surface area contributed by atoms with Crippen LogP contribution >= 0.6 is 15.9 Å². The molecule has 8 nitrogen and oxygen atoms in total. The Kier molecular flexibility index (Phi) is 7.01. The zero-order chi connectivity index (χ0) is 21.7. The Morgan fingerprint density at radius 1 is 1.23 bits per heavy atom. The van der Waals surface area contributed by atoms with E-state index in [1.54, 1.807) is 19.3 Å². The van der Waals surface area contributed by atoms with Gasteiger partial charge >= 0.3 is 0 Å². The van der Waals surface area contributed by atoms with Crippen molar-refractivity contribution >= 4 is 31.9 Å². The predicted molar refractivity (Wildman–Crippen MR) is 116 cm³/mol. The number of nitrogens with zero attached hydrogens (tertiary/aromatic N) is 3. The minimum atomic E-state index is -3.77.